The second-order valence-electron chi connectivity index (χ2n) is 4.59. The molecule has 0 saturated carbocycles. The van der Waals surface area contributed by atoms with Crippen LogP contribution in [0.4, 0.5) is 5.69 Å². The van der Waals surface area contributed by atoms with Gasteiger partial charge in [0.05, 0.1) is 10.7 Å². The Morgan fingerprint density at radius 1 is 1.44 bits per heavy atom. The maximum atomic E-state index is 12.3. The Bertz CT molecular complexity index is 420. The minimum Gasteiger partial charge on any atom is -0.398 e. The molecule has 4 heteroatoms. The molecular weight excluding hydrogens is 248 g/mol. The summed E-state index contributed by atoms with van der Waals surface area (Å²) in [5, 5.41) is 0.431. The summed E-state index contributed by atoms with van der Waals surface area (Å²) in [4.78, 5) is 14.2. The number of hydrogen-bond donors (Lipinski definition) is 1. The summed E-state index contributed by atoms with van der Waals surface area (Å²) < 4.78 is 0. The molecule has 1 aromatic rings. The van der Waals surface area contributed by atoms with Gasteiger partial charge in [-0.3, -0.25) is 4.79 Å². The maximum Gasteiger partial charge on any atom is 0.253 e. The standard InChI is InChI=1S/C14H21ClN2O/c1-4-10(3)9-17(5-2)14(18)11-6-7-13(16)12(15)8-11/h6-8,10H,4-5,9,16H2,1-3H3. The van der Waals surface area contributed by atoms with E-state index in [-0.39, 0.29) is 5.91 Å². The van der Waals surface area contributed by atoms with E-state index in [0.29, 0.717) is 28.7 Å². The zero-order chi connectivity index (χ0) is 13.7. The summed E-state index contributed by atoms with van der Waals surface area (Å²) in [7, 11) is 0. The molecule has 0 radical (unpaired) electrons. The fraction of sp³-hybridized carbons (Fsp3) is 0.500. The number of amides is 1. The van der Waals surface area contributed by atoms with Crippen molar-refractivity contribution in [1.29, 1.82) is 0 Å². The summed E-state index contributed by atoms with van der Waals surface area (Å²) in [6.45, 7) is 7.73. The van der Waals surface area contributed by atoms with E-state index in [2.05, 4.69) is 13.8 Å². The van der Waals surface area contributed by atoms with Crippen LogP contribution in [0.5, 0.6) is 0 Å². The number of nitrogen functional groups attached to an aromatic ring is 1. The molecule has 18 heavy (non-hydrogen) atoms. The highest BCUT2D eigenvalue weighted by molar-refractivity contribution is 6.33. The molecule has 0 saturated heterocycles. The summed E-state index contributed by atoms with van der Waals surface area (Å²) >= 11 is 5.94. The number of anilines is 1. The van der Waals surface area contributed by atoms with Gasteiger partial charge in [-0.25, -0.2) is 0 Å². The van der Waals surface area contributed by atoms with Gasteiger partial charge in [0.2, 0.25) is 0 Å². The van der Waals surface area contributed by atoms with Crippen LogP contribution < -0.4 is 5.73 Å². The molecule has 100 valence electrons. The SMILES string of the molecule is CCC(C)CN(CC)C(=O)c1ccc(N)c(Cl)c1. The van der Waals surface area contributed by atoms with Gasteiger partial charge in [0.1, 0.15) is 0 Å². The fourth-order valence-corrected chi connectivity index (χ4v) is 1.88. The van der Waals surface area contributed by atoms with E-state index in [0.717, 1.165) is 13.0 Å². The molecule has 2 N–H and O–H groups in total. The Hall–Kier alpha value is -1.22. The highest BCUT2D eigenvalue weighted by Crippen LogP contribution is 2.21. The number of benzene rings is 1. The number of halogens is 1. The molecule has 0 aliphatic rings. The summed E-state index contributed by atoms with van der Waals surface area (Å²) in [6.07, 6.45) is 1.06. The molecule has 0 aliphatic heterocycles. The molecule has 1 unspecified atom stereocenters. The van der Waals surface area contributed by atoms with E-state index in [1.54, 1.807) is 18.2 Å². The minimum atomic E-state index is 0.0136. The lowest BCUT2D eigenvalue weighted by Gasteiger charge is -2.24. The first-order chi connectivity index (χ1) is 8.49. The maximum absolute atomic E-state index is 12.3. The second-order valence-corrected chi connectivity index (χ2v) is 5.00. The van der Waals surface area contributed by atoms with E-state index in [1.165, 1.54) is 0 Å². The summed E-state index contributed by atoms with van der Waals surface area (Å²) in [5.74, 6) is 0.512. The van der Waals surface area contributed by atoms with E-state index in [1.807, 2.05) is 11.8 Å². The third-order valence-corrected chi connectivity index (χ3v) is 3.47. The molecule has 0 aliphatic carbocycles. The van der Waals surface area contributed by atoms with Crippen molar-refractivity contribution >= 4 is 23.2 Å². The molecule has 1 rings (SSSR count). The predicted molar refractivity (Wildman–Crippen MR) is 76.9 cm³/mol. The number of carbonyl (C=O) groups excluding carboxylic acids is 1. The van der Waals surface area contributed by atoms with Gasteiger partial charge in [0, 0.05) is 18.7 Å². The number of rotatable bonds is 5. The Morgan fingerprint density at radius 2 is 2.11 bits per heavy atom. The van der Waals surface area contributed by atoms with Crippen LogP contribution >= 0.6 is 11.6 Å². The van der Waals surface area contributed by atoms with Gasteiger partial charge in [-0.1, -0.05) is 31.9 Å². The molecule has 1 aromatic carbocycles. The molecule has 0 fully saturated rings. The van der Waals surface area contributed by atoms with Gasteiger partial charge in [0.15, 0.2) is 0 Å². The average molecular weight is 269 g/mol. The van der Waals surface area contributed by atoms with Crippen LogP contribution in [-0.2, 0) is 0 Å². The van der Waals surface area contributed by atoms with E-state index in [4.69, 9.17) is 17.3 Å². The zero-order valence-corrected chi connectivity index (χ0v) is 12.0. The average Bonchev–Trinajstić information content (AvgIpc) is 2.38. The van der Waals surface area contributed by atoms with Crippen LogP contribution in [0.25, 0.3) is 0 Å². The number of carbonyl (C=O) groups is 1. The van der Waals surface area contributed by atoms with Crippen molar-refractivity contribution in [2.75, 3.05) is 18.8 Å². The molecule has 0 heterocycles. The molecule has 0 aromatic heterocycles. The van der Waals surface area contributed by atoms with Crippen molar-refractivity contribution in [1.82, 2.24) is 4.90 Å². The lowest BCUT2D eigenvalue weighted by Crippen LogP contribution is -2.34. The van der Waals surface area contributed by atoms with Crippen molar-refractivity contribution in [2.24, 2.45) is 5.92 Å². The van der Waals surface area contributed by atoms with Crippen LogP contribution in [0.15, 0.2) is 18.2 Å². The van der Waals surface area contributed by atoms with Gasteiger partial charge >= 0.3 is 0 Å². The van der Waals surface area contributed by atoms with Crippen molar-refractivity contribution in [3.05, 3.63) is 28.8 Å². The predicted octanol–water partition coefficient (Wildman–Crippen LogP) is 3.43. The summed E-state index contributed by atoms with van der Waals surface area (Å²) in [5.41, 5.74) is 6.74. The van der Waals surface area contributed by atoms with E-state index in [9.17, 15) is 4.79 Å². The van der Waals surface area contributed by atoms with Gasteiger partial charge in [-0.2, -0.15) is 0 Å². The van der Waals surface area contributed by atoms with Crippen LogP contribution in [-0.4, -0.2) is 23.9 Å². The van der Waals surface area contributed by atoms with Gasteiger partial charge in [0.25, 0.3) is 5.91 Å². The van der Waals surface area contributed by atoms with Gasteiger partial charge in [-0.15, -0.1) is 0 Å². The third kappa shape index (κ3) is 3.64. The number of nitrogens with zero attached hydrogens (tertiary/aromatic N) is 1. The first-order valence-corrected chi connectivity index (χ1v) is 6.71. The second kappa shape index (κ2) is 6.64. The Labute approximate surface area is 114 Å². The minimum absolute atomic E-state index is 0.0136. The number of nitrogens with two attached hydrogens (primary N) is 1. The highest BCUT2D eigenvalue weighted by atomic mass is 35.5. The van der Waals surface area contributed by atoms with Crippen LogP contribution in [0, 0.1) is 5.92 Å². The number of hydrogen-bond acceptors (Lipinski definition) is 2. The zero-order valence-electron chi connectivity index (χ0n) is 11.2. The molecule has 0 spiro atoms. The molecule has 3 nitrogen and oxygen atoms in total. The smallest absolute Gasteiger partial charge is 0.253 e. The summed E-state index contributed by atoms with van der Waals surface area (Å²) in [6, 6.07) is 5.04. The van der Waals surface area contributed by atoms with Gasteiger partial charge < -0.3 is 10.6 Å². The Balaban J connectivity index is 2.86. The monoisotopic (exact) mass is 268 g/mol. The van der Waals surface area contributed by atoms with Gasteiger partial charge in [-0.05, 0) is 31.0 Å². The lowest BCUT2D eigenvalue weighted by atomic mass is 10.1. The van der Waals surface area contributed by atoms with Crippen molar-refractivity contribution in [3.63, 3.8) is 0 Å². The topological polar surface area (TPSA) is 46.3 Å². The molecule has 1 atom stereocenters. The van der Waals surface area contributed by atoms with E-state index >= 15 is 0 Å². The highest BCUT2D eigenvalue weighted by Gasteiger charge is 2.16. The Morgan fingerprint density at radius 3 is 2.61 bits per heavy atom. The first-order valence-electron chi connectivity index (χ1n) is 6.33. The van der Waals surface area contributed by atoms with Crippen molar-refractivity contribution in [2.45, 2.75) is 27.2 Å². The molecule has 1 amide bonds. The first kappa shape index (κ1) is 14.8. The van der Waals surface area contributed by atoms with Crippen LogP contribution in [0.1, 0.15) is 37.6 Å². The normalized spacial score (nSPS) is 12.2. The van der Waals surface area contributed by atoms with Crippen molar-refractivity contribution < 1.29 is 4.79 Å². The quantitative estimate of drug-likeness (QED) is 0.832. The Kier molecular flexibility index (Phi) is 5.48. The molecular formula is C14H21ClN2O. The van der Waals surface area contributed by atoms with E-state index < -0.39 is 0 Å². The van der Waals surface area contributed by atoms with Crippen molar-refractivity contribution in [3.8, 4) is 0 Å². The third-order valence-electron chi connectivity index (χ3n) is 3.15. The fourth-order valence-electron chi connectivity index (χ4n) is 1.70. The molecule has 0 bridgehead atoms. The van der Waals surface area contributed by atoms with Crippen LogP contribution in [0.3, 0.4) is 0 Å². The van der Waals surface area contributed by atoms with Crippen LogP contribution in [0.2, 0.25) is 5.02 Å². The lowest BCUT2D eigenvalue weighted by molar-refractivity contribution is 0.0741. The largest absolute Gasteiger partial charge is 0.398 e.